The molecule has 1 saturated carbocycles. The van der Waals surface area contributed by atoms with Crippen LogP contribution in [0.25, 0.3) is 0 Å². The summed E-state index contributed by atoms with van der Waals surface area (Å²) in [6.45, 7) is 1.51. The zero-order valence-corrected chi connectivity index (χ0v) is 14.3. The highest BCUT2D eigenvalue weighted by Gasteiger charge is 2.22. The highest BCUT2D eigenvalue weighted by atomic mass is 79.9. The van der Waals surface area contributed by atoms with Gasteiger partial charge < -0.3 is 15.7 Å². The number of phenols is 1. The number of hydrogen-bond donors (Lipinski definition) is 3. The standard InChI is InChI=1S/C14H18Br2N2O2/c15-11-6-9(7-12(16)14(11)20)8-17-5-1-2-13(19)18-10-3-4-10/h6-7,10,17,20H,1-5,8H2,(H,18,19). The predicted octanol–water partition coefficient (Wildman–Crippen LogP) is 3.07. The number of benzene rings is 1. The first-order valence-corrected chi connectivity index (χ1v) is 8.32. The third-order valence-corrected chi connectivity index (χ3v) is 4.31. The normalized spacial score (nSPS) is 14.3. The van der Waals surface area contributed by atoms with E-state index < -0.39 is 0 Å². The second kappa shape index (κ2) is 7.43. The second-order valence-electron chi connectivity index (χ2n) is 5.03. The molecule has 1 aromatic rings. The van der Waals surface area contributed by atoms with Crippen LogP contribution in [-0.4, -0.2) is 23.6 Å². The summed E-state index contributed by atoms with van der Waals surface area (Å²) >= 11 is 6.61. The first kappa shape index (κ1) is 15.8. The lowest BCUT2D eigenvalue weighted by molar-refractivity contribution is -0.121. The third kappa shape index (κ3) is 5.07. The number of nitrogens with one attached hydrogen (secondary N) is 2. The minimum Gasteiger partial charge on any atom is -0.506 e. The molecule has 0 aliphatic heterocycles. The summed E-state index contributed by atoms with van der Waals surface area (Å²) in [5.41, 5.74) is 1.07. The van der Waals surface area contributed by atoms with E-state index in [9.17, 15) is 9.90 Å². The van der Waals surface area contributed by atoms with Gasteiger partial charge >= 0.3 is 0 Å². The molecule has 0 atom stereocenters. The fourth-order valence-corrected chi connectivity index (χ4v) is 3.14. The van der Waals surface area contributed by atoms with Gasteiger partial charge in [0, 0.05) is 19.0 Å². The van der Waals surface area contributed by atoms with Crippen LogP contribution in [0, 0.1) is 0 Å². The molecule has 4 nitrogen and oxygen atoms in total. The van der Waals surface area contributed by atoms with Crippen molar-refractivity contribution in [3.8, 4) is 5.75 Å². The summed E-state index contributed by atoms with van der Waals surface area (Å²) in [4.78, 5) is 11.5. The second-order valence-corrected chi connectivity index (χ2v) is 6.74. The fourth-order valence-electron chi connectivity index (χ4n) is 1.85. The number of hydrogen-bond acceptors (Lipinski definition) is 3. The zero-order chi connectivity index (χ0) is 14.5. The molecule has 0 spiro atoms. The third-order valence-electron chi connectivity index (χ3n) is 3.11. The van der Waals surface area contributed by atoms with Crippen molar-refractivity contribution in [2.75, 3.05) is 6.54 Å². The first-order chi connectivity index (χ1) is 9.56. The maximum Gasteiger partial charge on any atom is 0.220 e. The number of carbonyl (C=O) groups excluding carboxylic acids is 1. The first-order valence-electron chi connectivity index (χ1n) is 6.73. The lowest BCUT2D eigenvalue weighted by atomic mass is 10.2. The molecule has 0 bridgehead atoms. The van der Waals surface area contributed by atoms with E-state index in [-0.39, 0.29) is 11.7 Å². The summed E-state index contributed by atoms with van der Waals surface area (Å²) in [5.74, 6) is 0.370. The van der Waals surface area contributed by atoms with Gasteiger partial charge in [-0.2, -0.15) is 0 Å². The molecule has 110 valence electrons. The number of amides is 1. The van der Waals surface area contributed by atoms with E-state index >= 15 is 0 Å². The van der Waals surface area contributed by atoms with Crippen molar-refractivity contribution < 1.29 is 9.90 Å². The number of carbonyl (C=O) groups is 1. The van der Waals surface area contributed by atoms with E-state index in [1.165, 1.54) is 0 Å². The van der Waals surface area contributed by atoms with Gasteiger partial charge in [0.1, 0.15) is 5.75 Å². The smallest absolute Gasteiger partial charge is 0.220 e. The Labute approximate surface area is 135 Å². The molecule has 1 amide bonds. The Morgan fingerprint density at radius 1 is 1.30 bits per heavy atom. The van der Waals surface area contributed by atoms with E-state index in [1.54, 1.807) is 0 Å². The van der Waals surface area contributed by atoms with E-state index in [4.69, 9.17) is 0 Å². The Hall–Kier alpha value is -0.590. The topological polar surface area (TPSA) is 61.4 Å². The highest BCUT2D eigenvalue weighted by molar-refractivity contribution is 9.11. The van der Waals surface area contributed by atoms with Crippen LogP contribution in [-0.2, 0) is 11.3 Å². The molecule has 0 aromatic heterocycles. The molecule has 2 rings (SSSR count). The van der Waals surface area contributed by atoms with Gasteiger partial charge in [0.25, 0.3) is 0 Å². The molecule has 0 radical (unpaired) electrons. The largest absolute Gasteiger partial charge is 0.506 e. The molecule has 0 saturated heterocycles. The van der Waals surface area contributed by atoms with Gasteiger partial charge in [0.15, 0.2) is 0 Å². The van der Waals surface area contributed by atoms with Crippen LogP contribution in [0.15, 0.2) is 21.1 Å². The van der Waals surface area contributed by atoms with Crippen molar-refractivity contribution in [1.82, 2.24) is 10.6 Å². The van der Waals surface area contributed by atoms with Gasteiger partial charge in [0.2, 0.25) is 5.91 Å². The van der Waals surface area contributed by atoms with Gasteiger partial charge in [-0.25, -0.2) is 0 Å². The molecule has 6 heteroatoms. The molecule has 0 unspecified atom stereocenters. The van der Waals surface area contributed by atoms with Crippen molar-refractivity contribution in [2.45, 2.75) is 38.3 Å². The van der Waals surface area contributed by atoms with Crippen molar-refractivity contribution >= 4 is 37.8 Å². The van der Waals surface area contributed by atoms with Gasteiger partial charge in [0.05, 0.1) is 8.95 Å². The molecule has 3 N–H and O–H groups in total. The van der Waals surface area contributed by atoms with Crippen LogP contribution in [0.2, 0.25) is 0 Å². The molecule has 1 aliphatic carbocycles. The molecule has 0 heterocycles. The Morgan fingerprint density at radius 3 is 2.55 bits per heavy atom. The molecule has 1 fully saturated rings. The van der Waals surface area contributed by atoms with E-state index in [0.29, 0.717) is 28.0 Å². The minimum absolute atomic E-state index is 0.157. The van der Waals surface area contributed by atoms with Gasteiger partial charge in [-0.1, -0.05) is 0 Å². The van der Waals surface area contributed by atoms with Gasteiger partial charge in [-0.3, -0.25) is 4.79 Å². The quantitative estimate of drug-likeness (QED) is 0.611. The average molecular weight is 406 g/mol. The molecular formula is C14H18Br2N2O2. The summed E-state index contributed by atoms with van der Waals surface area (Å²) in [5, 5.41) is 15.9. The van der Waals surface area contributed by atoms with Crippen LogP contribution < -0.4 is 10.6 Å². The van der Waals surface area contributed by atoms with Crippen LogP contribution in [0.5, 0.6) is 5.75 Å². The Kier molecular flexibility index (Phi) is 5.86. The summed E-state index contributed by atoms with van der Waals surface area (Å²) in [7, 11) is 0. The monoisotopic (exact) mass is 404 g/mol. The Bertz CT molecular complexity index is 467. The summed E-state index contributed by atoms with van der Waals surface area (Å²) in [6, 6.07) is 4.21. The van der Waals surface area contributed by atoms with Crippen molar-refractivity contribution in [3.63, 3.8) is 0 Å². The van der Waals surface area contributed by atoms with Crippen LogP contribution in [0.4, 0.5) is 0 Å². The van der Waals surface area contributed by atoms with Crippen molar-refractivity contribution in [3.05, 3.63) is 26.6 Å². The number of aromatic hydroxyl groups is 1. The van der Waals surface area contributed by atoms with Crippen LogP contribution in [0.1, 0.15) is 31.2 Å². The van der Waals surface area contributed by atoms with Crippen LogP contribution in [0.3, 0.4) is 0 Å². The van der Waals surface area contributed by atoms with Crippen LogP contribution >= 0.6 is 31.9 Å². The summed E-state index contributed by atoms with van der Waals surface area (Å²) in [6.07, 6.45) is 3.68. The molecular weight excluding hydrogens is 388 g/mol. The van der Waals surface area contributed by atoms with Crippen molar-refractivity contribution in [2.24, 2.45) is 0 Å². The lowest BCUT2D eigenvalue weighted by Crippen LogP contribution is -2.26. The van der Waals surface area contributed by atoms with E-state index in [0.717, 1.165) is 31.4 Å². The fraction of sp³-hybridized carbons (Fsp3) is 0.500. The van der Waals surface area contributed by atoms with E-state index in [1.807, 2.05) is 12.1 Å². The number of phenolic OH excluding ortho intramolecular Hbond substituents is 1. The lowest BCUT2D eigenvalue weighted by Gasteiger charge is -2.08. The Balaban J connectivity index is 1.64. The number of rotatable bonds is 7. The van der Waals surface area contributed by atoms with Crippen molar-refractivity contribution in [1.29, 1.82) is 0 Å². The maximum absolute atomic E-state index is 11.5. The molecule has 1 aromatic carbocycles. The molecule has 1 aliphatic rings. The van der Waals surface area contributed by atoms with Gasteiger partial charge in [-0.05, 0) is 75.4 Å². The van der Waals surface area contributed by atoms with E-state index in [2.05, 4.69) is 42.5 Å². The number of halogens is 2. The average Bonchev–Trinajstić information content (AvgIpc) is 3.19. The maximum atomic E-state index is 11.5. The molecule has 20 heavy (non-hydrogen) atoms. The Morgan fingerprint density at radius 2 is 1.95 bits per heavy atom. The SMILES string of the molecule is O=C(CCCNCc1cc(Br)c(O)c(Br)c1)NC1CC1. The highest BCUT2D eigenvalue weighted by Crippen LogP contribution is 2.33. The zero-order valence-electron chi connectivity index (χ0n) is 11.1. The summed E-state index contributed by atoms with van der Waals surface area (Å²) < 4.78 is 1.35. The predicted molar refractivity (Wildman–Crippen MR) is 85.6 cm³/mol. The minimum atomic E-state index is 0.157. The van der Waals surface area contributed by atoms with Gasteiger partial charge in [-0.15, -0.1) is 0 Å².